The molecular weight excluding hydrogens is 276 g/mol. The number of anilines is 2. The first kappa shape index (κ1) is 14.3. The maximum atomic E-state index is 12.3. The van der Waals surface area contributed by atoms with Gasteiger partial charge < -0.3 is 20.4 Å². The molecule has 1 fully saturated rings. The fourth-order valence-corrected chi connectivity index (χ4v) is 2.41. The Morgan fingerprint density at radius 2 is 1.14 bits per heavy atom. The van der Waals surface area contributed by atoms with E-state index in [2.05, 4.69) is 10.6 Å². The van der Waals surface area contributed by atoms with E-state index < -0.39 is 0 Å². The Balaban J connectivity index is 1.47. The summed E-state index contributed by atoms with van der Waals surface area (Å²) in [5.74, 6) is 0. The average Bonchev–Trinajstić information content (AvgIpc) is 2.93. The predicted molar refractivity (Wildman–Crippen MR) is 88.7 cm³/mol. The van der Waals surface area contributed by atoms with Gasteiger partial charge in [-0.1, -0.05) is 36.4 Å². The fraction of sp³-hybridized carbons (Fsp3) is 0.235. The summed E-state index contributed by atoms with van der Waals surface area (Å²) in [5.41, 5.74) is 2.05. The van der Waals surface area contributed by atoms with Crippen LogP contribution in [0.25, 0.3) is 0 Å². The van der Waals surface area contributed by atoms with Crippen LogP contribution >= 0.6 is 0 Å². The molecule has 0 spiro atoms. The Hall–Kier alpha value is -2.69. The standard InChI is InChI=1S/C17H20N4O/c22-17-20(13-18-15-7-3-1-4-8-15)11-12-21(17)14-19-16-9-5-2-6-10-16/h1-10,18-19H,11-14H2. The summed E-state index contributed by atoms with van der Waals surface area (Å²) in [6.45, 7) is 2.56. The van der Waals surface area contributed by atoms with Crippen molar-refractivity contribution in [2.45, 2.75) is 0 Å². The largest absolute Gasteiger partial charge is 0.368 e. The van der Waals surface area contributed by atoms with E-state index in [1.165, 1.54) is 0 Å². The summed E-state index contributed by atoms with van der Waals surface area (Å²) < 4.78 is 0. The lowest BCUT2D eigenvalue weighted by atomic mass is 10.3. The van der Waals surface area contributed by atoms with Crippen molar-refractivity contribution in [3.05, 3.63) is 60.7 Å². The van der Waals surface area contributed by atoms with E-state index in [9.17, 15) is 4.79 Å². The summed E-state index contributed by atoms with van der Waals surface area (Å²) in [6.07, 6.45) is 0. The van der Waals surface area contributed by atoms with Gasteiger partial charge in [0.05, 0.1) is 13.3 Å². The molecular formula is C17H20N4O. The molecule has 0 unspecified atom stereocenters. The molecule has 1 saturated heterocycles. The first-order valence-corrected chi connectivity index (χ1v) is 7.44. The number of amides is 2. The van der Waals surface area contributed by atoms with Gasteiger partial charge in [0, 0.05) is 24.5 Å². The van der Waals surface area contributed by atoms with E-state index in [0.717, 1.165) is 24.5 Å². The minimum atomic E-state index is 0.0619. The first-order valence-electron chi connectivity index (χ1n) is 7.44. The second kappa shape index (κ2) is 6.85. The maximum absolute atomic E-state index is 12.3. The number of carbonyl (C=O) groups is 1. The van der Waals surface area contributed by atoms with Crippen molar-refractivity contribution in [2.75, 3.05) is 37.1 Å². The number of hydrogen-bond acceptors (Lipinski definition) is 3. The number of hydrogen-bond donors (Lipinski definition) is 2. The molecule has 0 aliphatic carbocycles. The number of benzene rings is 2. The minimum Gasteiger partial charge on any atom is -0.368 e. The highest BCUT2D eigenvalue weighted by Crippen LogP contribution is 2.12. The number of urea groups is 1. The molecule has 1 aliphatic heterocycles. The molecule has 0 aromatic heterocycles. The molecule has 0 saturated carbocycles. The van der Waals surface area contributed by atoms with Crippen LogP contribution in [0.3, 0.4) is 0 Å². The van der Waals surface area contributed by atoms with E-state index in [1.54, 1.807) is 0 Å². The Kier molecular flexibility index (Phi) is 4.44. The molecule has 5 nitrogen and oxygen atoms in total. The van der Waals surface area contributed by atoms with Gasteiger partial charge in [-0.05, 0) is 24.3 Å². The summed E-state index contributed by atoms with van der Waals surface area (Å²) in [5, 5.41) is 6.54. The third-order valence-corrected chi connectivity index (χ3v) is 3.68. The van der Waals surface area contributed by atoms with Crippen LogP contribution in [0.4, 0.5) is 16.2 Å². The molecule has 2 amide bonds. The van der Waals surface area contributed by atoms with Crippen LogP contribution in [0.15, 0.2) is 60.7 Å². The van der Waals surface area contributed by atoms with Gasteiger partial charge in [-0.25, -0.2) is 4.79 Å². The molecule has 0 atom stereocenters. The van der Waals surface area contributed by atoms with Crippen LogP contribution < -0.4 is 10.6 Å². The molecule has 1 aliphatic rings. The Bertz CT molecular complexity index is 549. The number of carbonyl (C=O) groups excluding carboxylic acids is 1. The van der Waals surface area contributed by atoms with Crippen molar-refractivity contribution in [3.63, 3.8) is 0 Å². The SMILES string of the molecule is O=C1N(CNc2ccccc2)CCN1CNc1ccccc1. The average molecular weight is 296 g/mol. The third kappa shape index (κ3) is 3.49. The summed E-state index contributed by atoms with van der Waals surface area (Å²) in [7, 11) is 0. The van der Waals surface area contributed by atoms with Crippen LogP contribution in [0.1, 0.15) is 0 Å². The number of nitrogens with zero attached hydrogens (tertiary/aromatic N) is 2. The second-order valence-corrected chi connectivity index (χ2v) is 5.21. The van der Waals surface area contributed by atoms with Crippen LogP contribution in [-0.2, 0) is 0 Å². The molecule has 3 rings (SSSR count). The zero-order valence-corrected chi connectivity index (χ0v) is 12.4. The van der Waals surface area contributed by atoms with Gasteiger partial charge in [0.25, 0.3) is 0 Å². The van der Waals surface area contributed by atoms with Crippen molar-refractivity contribution in [1.29, 1.82) is 0 Å². The quantitative estimate of drug-likeness (QED) is 0.861. The van der Waals surface area contributed by atoms with Gasteiger partial charge in [-0.2, -0.15) is 0 Å². The van der Waals surface area contributed by atoms with Crippen LogP contribution in [0, 0.1) is 0 Å². The minimum absolute atomic E-state index is 0.0619. The number of nitrogens with one attached hydrogen (secondary N) is 2. The van der Waals surface area contributed by atoms with Crippen molar-refractivity contribution >= 4 is 17.4 Å². The Morgan fingerprint density at radius 3 is 1.55 bits per heavy atom. The highest BCUT2D eigenvalue weighted by atomic mass is 16.2. The molecule has 0 radical (unpaired) electrons. The molecule has 0 bridgehead atoms. The second-order valence-electron chi connectivity index (χ2n) is 5.21. The zero-order chi connectivity index (χ0) is 15.2. The molecule has 2 N–H and O–H groups in total. The van der Waals surface area contributed by atoms with Gasteiger partial charge in [-0.3, -0.25) is 0 Å². The molecule has 114 valence electrons. The van der Waals surface area contributed by atoms with Crippen LogP contribution in [0.5, 0.6) is 0 Å². The highest BCUT2D eigenvalue weighted by Gasteiger charge is 2.27. The van der Waals surface area contributed by atoms with Gasteiger partial charge in [0.1, 0.15) is 0 Å². The summed E-state index contributed by atoms with van der Waals surface area (Å²) in [4.78, 5) is 16.0. The van der Waals surface area contributed by atoms with Gasteiger partial charge >= 0.3 is 6.03 Å². The van der Waals surface area contributed by atoms with Crippen LogP contribution in [0.2, 0.25) is 0 Å². The van der Waals surface area contributed by atoms with E-state index in [-0.39, 0.29) is 6.03 Å². The van der Waals surface area contributed by atoms with E-state index in [0.29, 0.717) is 13.3 Å². The van der Waals surface area contributed by atoms with Gasteiger partial charge in [0.2, 0.25) is 0 Å². The smallest absolute Gasteiger partial charge is 0.322 e. The first-order chi connectivity index (χ1) is 10.8. The molecule has 2 aromatic rings. The lowest BCUT2D eigenvalue weighted by Gasteiger charge is -2.20. The van der Waals surface area contributed by atoms with Crippen molar-refractivity contribution in [2.24, 2.45) is 0 Å². The molecule has 1 heterocycles. The highest BCUT2D eigenvalue weighted by molar-refractivity contribution is 5.77. The van der Waals surface area contributed by atoms with E-state index >= 15 is 0 Å². The summed E-state index contributed by atoms with van der Waals surface area (Å²) in [6, 6.07) is 19.9. The van der Waals surface area contributed by atoms with Crippen molar-refractivity contribution < 1.29 is 4.79 Å². The number of para-hydroxylation sites is 2. The van der Waals surface area contributed by atoms with Crippen molar-refractivity contribution in [1.82, 2.24) is 9.80 Å². The fourth-order valence-electron chi connectivity index (χ4n) is 2.41. The molecule has 22 heavy (non-hydrogen) atoms. The van der Waals surface area contributed by atoms with Crippen LogP contribution in [-0.4, -0.2) is 42.3 Å². The van der Waals surface area contributed by atoms with Gasteiger partial charge in [0.15, 0.2) is 0 Å². The third-order valence-electron chi connectivity index (χ3n) is 3.68. The normalized spacial score (nSPS) is 14.3. The summed E-state index contributed by atoms with van der Waals surface area (Å²) >= 11 is 0. The topological polar surface area (TPSA) is 47.6 Å². The molecule has 2 aromatic carbocycles. The van der Waals surface area contributed by atoms with E-state index in [4.69, 9.17) is 0 Å². The van der Waals surface area contributed by atoms with Crippen molar-refractivity contribution in [3.8, 4) is 0 Å². The Labute approximate surface area is 130 Å². The Morgan fingerprint density at radius 1 is 0.727 bits per heavy atom. The maximum Gasteiger partial charge on any atom is 0.322 e. The molecule has 5 heteroatoms. The lowest BCUT2D eigenvalue weighted by molar-refractivity contribution is 0.196. The zero-order valence-electron chi connectivity index (χ0n) is 12.4. The van der Waals surface area contributed by atoms with Gasteiger partial charge in [-0.15, -0.1) is 0 Å². The predicted octanol–water partition coefficient (Wildman–Crippen LogP) is 2.86. The lowest BCUT2D eigenvalue weighted by Crippen LogP contribution is -2.37. The monoisotopic (exact) mass is 296 g/mol. The van der Waals surface area contributed by atoms with E-state index in [1.807, 2.05) is 70.5 Å². The number of rotatable bonds is 6.